The van der Waals surface area contributed by atoms with Gasteiger partial charge in [0.25, 0.3) is 0 Å². The Morgan fingerprint density at radius 1 is 1.21 bits per heavy atom. The number of hydrogen-bond acceptors (Lipinski definition) is 3. The van der Waals surface area contributed by atoms with Gasteiger partial charge < -0.3 is 9.16 Å². The van der Waals surface area contributed by atoms with E-state index in [4.69, 9.17) is 4.43 Å². The van der Waals surface area contributed by atoms with Crippen molar-refractivity contribution < 1.29 is 31.5 Å². The van der Waals surface area contributed by atoms with Gasteiger partial charge in [0, 0.05) is 0 Å². The van der Waals surface area contributed by atoms with Gasteiger partial charge in [-0.1, -0.05) is 32.6 Å². The summed E-state index contributed by atoms with van der Waals surface area (Å²) < 4.78 is 63.3. The molecule has 1 aromatic rings. The van der Waals surface area contributed by atoms with Crippen LogP contribution in [0, 0.1) is 17.7 Å². The van der Waals surface area contributed by atoms with Crippen molar-refractivity contribution in [2.24, 2.45) is 0 Å². The Morgan fingerprint density at radius 3 is 2.25 bits per heavy atom. The van der Waals surface area contributed by atoms with E-state index < -0.39 is 38.1 Å². The first kappa shape index (κ1) is 24.0. The van der Waals surface area contributed by atoms with Crippen LogP contribution in [0.2, 0.25) is 18.1 Å². The summed E-state index contributed by atoms with van der Waals surface area (Å²) in [5.74, 6) is 3.89. The minimum atomic E-state index is -4.92. The summed E-state index contributed by atoms with van der Waals surface area (Å²) in [4.78, 5) is 11.4. The highest BCUT2D eigenvalue weighted by molar-refractivity contribution is 6.74. The molecule has 4 nitrogen and oxygen atoms in total. The summed E-state index contributed by atoms with van der Waals surface area (Å²) in [7, 11) is -1.05. The van der Waals surface area contributed by atoms with Gasteiger partial charge in [-0.05, 0) is 37.2 Å². The largest absolute Gasteiger partial charge is 0.453 e. The van der Waals surface area contributed by atoms with Gasteiger partial charge in [0.05, 0.1) is 23.9 Å². The van der Waals surface area contributed by atoms with Gasteiger partial charge in [0.1, 0.15) is 11.9 Å². The smallest absolute Gasteiger partial charge is 0.419 e. The Kier molecular flexibility index (Phi) is 7.31. The molecule has 0 aromatic heterocycles. The Labute approximate surface area is 163 Å². The molecule has 1 amide bonds. The lowest BCUT2D eigenvalue weighted by Gasteiger charge is -2.37. The quantitative estimate of drug-likeness (QED) is 0.384. The Balaban J connectivity index is 3.28. The molecule has 9 heteroatoms. The van der Waals surface area contributed by atoms with E-state index in [9.17, 15) is 22.4 Å². The summed E-state index contributed by atoms with van der Waals surface area (Å²) >= 11 is 0. The second kappa shape index (κ2) is 8.53. The number of nitrogens with one attached hydrogen (secondary N) is 1. The lowest BCUT2D eigenvalue weighted by Crippen LogP contribution is -2.43. The van der Waals surface area contributed by atoms with Crippen molar-refractivity contribution in [1.29, 1.82) is 0 Å². The van der Waals surface area contributed by atoms with Gasteiger partial charge in [-0.25, -0.2) is 9.18 Å². The third-order valence-corrected chi connectivity index (χ3v) is 9.08. The number of ether oxygens (including phenoxy) is 1. The van der Waals surface area contributed by atoms with Gasteiger partial charge >= 0.3 is 12.3 Å². The van der Waals surface area contributed by atoms with Crippen LogP contribution in [0.15, 0.2) is 12.1 Å². The van der Waals surface area contributed by atoms with Gasteiger partial charge in [0.15, 0.2) is 8.32 Å². The van der Waals surface area contributed by atoms with E-state index in [-0.39, 0.29) is 16.3 Å². The molecule has 156 valence electrons. The SMILES string of the molecule is COC(=O)Nc1cc(C(F)(F)F)c(F)cc1C#CC(C)O[Si](C)(C)C(C)(C)C. The van der Waals surface area contributed by atoms with Crippen molar-refractivity contribution in [2.45, 2.75) is 58.1 Å². The summed E-state index contributed by atoms with van der Waals surface area (Å²) in [6.07, 6.45) is -6.44. The van der Waals surface area contributed by atoms with Crippen LogP contribution in [-0.4, -0.2) is 27.6 Å². The average Bonchev–Trinajstić information content (AvgIpc) is 2.51. The second-order valence-electron chi connectivity index (χ2n) is 7.78. The maximum atomic E-state index is 13.9. The second-order valence-corrected chi connectivity index (χ2v) is 12.5. The van der Waals surface area contributed by atoms with Gasteiger partial charge in [-0.15, -0.1) is 0 Å². The number of hydrogen-bond donors (Lipinski definition) is 1. The topological polar surface area (TPSA) is 47.6 Å². The van der Waals surface area contributed by atoms with E-state index in [2.05, 4.69) is 42.7 Å². The summed E-state index contributed by atoms with van der Waals surface area (Å²) in [5, 5.41) is 2.08. The van der Waals surface area contributed by atoms with Gasteiger partial charge in [0.2, 0.25) is 0 Å². The van der Waals surface area contributed by atoms with Crippen LogP contribution in [0.5, 0.6) is 0 Å². The zero-order valence-corrected chi connectivity index (χ0v) is 18.0. The Morgan fingerprint density at radius 2 is 1.79 bits per heavy atom. The Bertz CT molecular complexity index is 789. The lowest BCUT2D eigenvalue weighted by atomic mass is 10.1. The first-order valence-electron chi connectivity index (χ1n) is 8.53. The molecule has 1 rings (SSSR count). The first-order chi connectivity index (χ1) is 12.6. The number of amides is 1. The average molecular weight is 419 g/mol. The highest BCUT2D eigenvalue weighted by Gasteiger charge is 2.38. The van der Waals surface area contributed by atoms with Crippen LogP contribution in [0.25, 0.3) is 0 Å². The summed E-state index contributed by atoms with van der Waals surface area (Å²) in [5.41, 5.74) is -1.91. The van der Waals surface area contributed by atoms with Crippen molar-refractivity contribution in [3.8, 4) is 11.8 Å². The third kappa shape index (κ3) is 6.24. The normalized spacial score (nSPS) is 13.4. The monoisotopic (exact) mass is 419 g/mol. The number of carbonyl (C=O) groups excluding carboxylic acids is 1. The predicted octanol–water partition coefficient (Wildman–Crippen LogP) is 5.78. The highest BCUT2D eigenvalue weighted by Crippen LogP contribution is 2.37. The molecule has 1 N–H and O–H groups in total. The van der Waals surface area contributed by atoms with Crippen LogP contribution in [0.1, 0.15) is 38.8 Å². The minimum Gasteiger partial charge on any atom is -0.453 e. The fraction of sp³-hybridized carbons (Fsp3) is 0.526. The lowest BCUT2D eigenvalue weighted by molar-refractivity contribution is -0.139. The van der Waals surface area contributed by atoms with Crippen LogP contribution in [0.4, 0.5) is 28.0 Å². The van der Waals surface area contributed by atoms with E-state index in [1.165, 1.54) is 0 Å². The summed E-state index contributed by atoms with van der Waals surface area (Å²) in [6.45, 7) is 12.0. The molecule has 0 saturated heterocycles. The third-order valence-electron chi connectivity index (χ3n) is 4.52. The zero-order valence-electron chi connectivity index (χ0n) is 17.0. The van der Waals surface area contributed by atoms with E-state index in [1.807, 2.05) is 13.1 Å². The van der Waals surface area contributed by atoms with Crippen molar-refractivity contribution in [2.75, 3.05) is 12.4 Å². The molecule has 28 heavy (non-hydrogen) atoms. The molecule has 0 fully saturated rings. The molecule has 0 radical (unpaired) electrons. The number of alkyl halides is 3. The molecule has 1 unspecified atom stereocenters. The van der Waals surface area contributed by atoms with Crippen LogP contribution >= 0.6 is 0 Å². The predicted molar refractivity (Wildman–Crippen MR) is 102 cm³/mol. The molecule has 0 spiro atoms. The Hall–Kier alpha value is -2.05. The van der Waals surface area contributed by atoms with Crippen molar-refractivity contribution >= 4 is 20.1 Å². The molecule has 0 aliphatic carbocycles. The number of carbonyl (C=O) groups is 1. The van der Waals surface area contributed by atoms with Crippen molar-refractivity contribution in [3.63, 3.8) is 0 Å². The first-order valence-corrected chi connectivity index (χ1v) is 11.4. The molecule has 0 aliphatic heterocycles. The molecule has 1 atom stereocenters. The summed E-state index contributed by atoms with van der Waals surface area (Å²) in [6, 6.07) is 1.13. The number of methoxy groups -OCH3 is 1. The van der Waals surface area contributed by atoms with E-state index >= 15 is 0 Å². The zero-order chi connectivity index (χ0) is 21.9. The maximum Gasteiger partial charge on any atom is 0.419 e. The van der Waals surface area contributed by atoms with Gasteiger partial charge in [-0.2, -0.15) is 13.2 Å². The minimum absolute atomic E-state index is 0.0546. The highest BCUT2D eigenvalue weighted by atomic mass is 28.4. The molecular formula is C19H25F4NO3Si. The van der Waals surface area contributed by atoms with Crippen molar-refractivity contribution in [1.82, 2.24) is 0 Å². The van der Waals surface area contributed by atoms with Gasteiger partial charge in [-0.3, -0.25) is 5.32 Å². The molecule has 0 aliphatic rings. The van der Waals surface area contributed by atoms with Crippen LogP contribution < -0.4 is 5.32 Å². The van der Waals surface area contributed by atoms with Crippen LogP contribution in [0.3, 0.4) is 0 Å². The van der Waals surface area contributed by atoms with E-state index in [0.717, 1.165) is 7.11 Å². The maximum absolute atomic E-state index is 13.9. The molecule has 1 aromatic carbocycles. The van der Waals surface area contributed by atoms with Crippen LogP contribution in [-0.2, 0) is 15.3 Å². The van der Waals surface area contributed by atoms with E-state index in [0.29, 0.717) is 12.1 Å². The van der Waals surface area contributed by atoms with E-state index in [1.54, 1.807) is 6.92 Å². The number of halogens is 4. The molecule has 0 heterocycles. The molecule has 0 bridgehead atoms. The fourth-order valence-electron chi connectivity index (χ4n) is 1.99. The number of benzene rings is 1. The molecule has 0 saturated carbocycles. The number of rotatable bonds is 3. The molecular weight excluding hydrogens is 394 g/mol. The van der Waals surface area contributed by atoms with Crippen molar-refractivity contribution in [3.05, 3.63) is 29.1 Å². The number of anilines is 1. The fourth-order valence-corrected chi connectivity index (χ4v) is 3.28. The standard InChI is InChI=1S/C19H25F4NO3Si/c1-12(27-28(6,7)18(2,3)4)8-9-13-10-15(20)14(19(21,22)23)11-16(13)24-17(25)26-5/h10-12H,1-7H3,(H,24,25).